The van der Waals surface area contributed by atoms with Crippen molar-refractivity contribution in [1.29, 1.82) is 0 Å². The number of hydrogen-bond acceptors (Lipinski definition) is 4. The van der Waals surface area contributed by atoms with E-state index < -0.39 is 0 Å². The van der Waals surface area contributed by atoms with Gasteiger partial charge in [0.05, 0.1) is 0 Å². The number of fused-ring (bicyclic) bond motifs is 1. The highest BCUT2D eigenvalue weighted by Gasteiger charge is 2.23. The summed E-state index contributed by atoms with van der Waals surface area (Å²) in [5, 5.41) is 0. The maximum atomic E-state index is 4.90. The van der Waals surface area contributed by atoms with Gasteiger partial charge in [-0.1, -0.05) is 36.4 Å². The minimum atomic E-state index is 0.786. The molecular formula is C21H22N4. The second-order valence-electron chi connectivity index (χ2n) is 6.28. The van der Waals surface area contributed by atoms with Crippen LogP contribution in [0.15, 0.2) is 60.7 Å². The van der Waals surface area contributed by atoms with Crippen LogP contribution in [0.3, 0.4) is 0 Å². The number of aromatic nitrogens is 2. The van der Waals surface area contributed by atoms with Gasteiger partial charge >= 0.3 is 0 Å². The summed E-state index contributed by atoms with van der Waals surface area (Å²) in [6.07, 6.45) is 1.04. The van der Waals surface area contributed by atoms with Crippen molar-refractivity contribution < 1.29 is 0 Å². The summed E-state index contributed by atoms with van der Waals surface area (Å²) in [5.41, 5.74) is 4.72. The van der Waals surface area contributed by atoms with E-state index in [0.29, 0.717) is 0 Å². The van der Waals surface area contributed by atoms with E-state index in [1.165, 1.54) is 11.3 Å². The Morgan fingerprint density at radius 2 is 1.76 bits per heavy atom. The van der Waals surface area contributed by atoms with Gasteiger partial charge < -0.3 is 9.80 Å². The Kier molecular flexibility index (Phi) is 4.10. The van der Waals surface area contributed by atoms with Crippen LogP contribution in [0, 0.1) is 6.92 Å². The quantitative estimate of drug-likeness (QED) is 0.698. The molecule has 0 saturated heterocycles. The first-order valence-electron chi connectivity index (χ1n) is 8.80. The van der Waals surface area contributed by atoms with Crippen molar-refractivity contribution in [3.63, 3.8) is 0 Å². The molecule has 25 heavy (non-hydrogen) atoms. The van der Waals surface area contributed by atoms with Gasteiger partial charge in [0.1, 0.15) is 5.82 Å². The van der Waals surface area contributed by atoms with E-state index in [2.05, 4.69) is 71.3 Å². The molecule has 2 heterocycles. The van der Waals surface area contributed by atoms with Crippen molar-refractivity contribution in [2.24, 2.45) is 0 Å². The molecule has 0 saturated carbocycles. The van der Waals surface area contributed by atoms with Crippen LogP contribution < -0.4 is 9.80 Å². The molecule has 126 valence electrons. The maximum Gasteiger partial charge on any atom is 0.232 e. The van der Waals surface area contributed by atoms with Gasteiger partial charge in [-0.05, 0) is 44.0 Å². The van der Waals surface area contributed by atoms with E-state index in [0.717, 1.165) is 42.7 Å². The molecule has 0 atom stereocenters. The molecule has 0 unspecified atom stereocenters. The summed E-state index contributed by atoms with van der Waals surface area (Å²) in [5.74, 6) is 1.73. The number of benzene rings is 2. The second kappa shape index (κ2) is 6.55. The predicted molar refractivity (Wildman–Crippen MR) is 103 cm³/mol. The molecule has 0 spiro atoms. The molecule has 0 N–H and O–H groups in total. The molecular weight excluding hydrogens is 308 g/mol. The van der Waals surface area contributed by atoms with Gasteiger partial charge in [0.2, 0.25) is 5.95 Å². The van der Waals surface area contributed by atoms with Crippen molar-refractivity contribution in [3.05, 3.63) is 71.9 Å². The fourth-order valence-electron chi connectivity index (χ4n) is 3.43. The van der Waals surface area contributed by atoms with E-state index in [4.69, 9.17) is 9.97 Å². The highest BCUT2D eigenvalue weighted by Crippen LogP contribution is 2.34. The van der Waals surface area contributed by atoms with E-state index in [1.54, 1.807) is 0 Å². The van der Waals surface area contributed by atoms with Gasteiger partial charge in [-0.3, -0.25) is 0 Å². The lowest BCUT2D eigenvalue weighted by Crippen LogP contribution is -2.21. The molecule has 2 aromatic carbocycles. The van der Waals surface area contributed by atoms with Crippen LogP contribution in [-0.2, 0) is 6.42 Å². The van der Waals surface area contributed by atoms with Crippen molar-refractivity contribution in [2.75, 3.05) is 22.9 Å². The summed E-state index contributed by atoms with van der Waals surface area (Å²) in [6.45, 7) is 5.97. The summed E-state index contributed by atoms with van der Waals surface area (Å²) in [6, 6.07) is 21.0. The summed E-state index contributed by atoms with van der Waals surface area (Å²) in [4.78, 5) is 14.1. The van der Waals surface area contributed by atoms with Gasteiger partial charge in [-0.2, -0.15) is 4.98 Å². The molecule has 0 aliphatic carbocycles. The lowest BCUT2D eigenvalue weighted by atomic mass is 10.2. The van der Waals surface area contributed by atoms with Crippen LogP contribution in [0.1, 0.15) is 18.2 Å². The molecule has 4 rings (SSSR count). The molecule has 4 heteroatoms. The molecule has 1 aromatic heterocycles. The monoisotopic (exact) mass is 330 g/mol. The van der Waals surface area contributed by atoms with Gasteiger partial charge in [-0.15, -0.1) is 0 Å². The molecule has 0 amide bonds. The lowest BCUT2D eigenvalue weighted by Gasteiger charge is -2.25. The Hall–Kier alpha value is -2.88. The Morgan fingerprint density at radius 1 is 1.00 bits per heavy atom. The standard InChI is InChI=1S/C21H22N4/c1-3-24(18-10-5-4-6-11-18)20-15-16(2)22-21(23-20)25-14-13-17-9-7-8-12-19(17)25/h4-12,15H,3,13-14H2,1-2H3. The molecule has 1 aliphatic rings. The zero-order valence-electron chi connectivity index (χ0n) is 14.7. The minimum Gasteiger partial charge on any atom is -0.326 e. The summed E-state index contributed by atoms with van der Waals surface area (Å²) >= 11 is 0. The number of hydrogen-bond donors (Lipinski definition) is 0. The van der Waals surface area contributed by atoms with E-state index >= 15 is 0 Å². The highest BCUT2D eigenvalue weighted by molar-refractivity contribution is 5.68. The van der Waals surface area contributed by atoms with Crippen LogP contribution in [-0.4, -0.2) is 23.1 Å². The fourth-order valence-corrected chi connectivity index (χ4v) is 3.43. The van der Waals surface area contributed by atoms with Crippen LogP contribution in [0.4, 0.5) is 23.1 Å². The van der Waals surface area contributed by atoms with Crippen molar-refractivity contribution in [3.8, 4) is 0 Å². The van der Waals surface area contributed by atoms with Crippen LogP contribution in [0.2, 0.25) is 0 Å². The van der Waals surface area contributed by atoms with Gasteiger partial charge in [-0.25, -0.2) is 4.98 Å². The zero-order chi connectivity index (χ0) is 17.2. The highest BCUT2D eigenvalue weighted by atomic mass is 15.3. The van der Waals surface area contributed by atoms with Crippen molar-refractivity contribution >= 4 is 23.1 Å². The number of rotatable bonds is 4. The van der Waals surface area contributed by atoms with E-state index in [9.17, 15) is 0 Å². The third-order valence-corrected chi connectivity index (χ3v) is 4.62. The van der Waals surface area contributed by atoms with Crippen LogP contribution in [0.5, 0.6) is 0 Å². The number of aryl methyl sites for hydroxylation is 1. The first-order valence-corrected chi connectivity index (χ1v) is 8.80. The second-order valence-corrected chi connectivity index (χ2v) is 6.28. The summed E-state index contributed by atoms with van der Waals surface area (Å²) in [7, 11) is 0. The average molecular weight is 330 g/mol. The summed E-state index contributed by atoms with van der Waals surface area (Å²) < 4.78 is 0. The lowest BCUT2D eigenvalue weighted by molar-refractivity contribution is 0.907. The van der Waals surface area contributed by atoms with Gasteiger partial charge in [0.15, 0.2) is 0 Å². The Labute approximate surface area is 148 Å². The molecule has 1 aliphatic heterocycles. The molecule has 0 bridgehead atoms. The predicted octanol–water partition coefficient (Wildman–Crippen LogP) is 4.64. The molecule has 0 fully saturated rings. The van der Waals surface area contributed by atoms with E-state index in [-0.39, 0.29) is 0 Å². The Bertz CT molecular complexity index is 856. The normalized spacial score (nSPS) is 13.0. The van der Waals surface area contributed by atoms with Gasteiger partial charge in [0.25, 0.3) is 0 Å². The third kappa shape index (κ3) is 2.95. The molecule has 0 radical (unpaired) electrons. The zero-order valence-corrected chi connectivity index (χ0v) is 14.7. The smallest absolute Gasteiger partial charge is 0.232 e. The largest absolute Gasteiger partial charge is 0.326 e. The van der Waals surface area contributed by atoms with Gasteiger partial charge in [0, 0.05) is 36.2 Å². The van der Waals surface area contributed by atoms with Crippen LogP contribution in [0.25, 0.3) is 0 Å². The maximum absolute atomic E-state index is 4.90. The number of para-hydroxylation sites is 2. The number of nitrogens with zero attached hydrogens (tertiary/aromatic N) is 4. The Morgan fingerprint density at radius 3 is 2.56 bits per heavy atom. The number of anilines is 4. The molecule has 4 nitrogen and oxygen atoms in total. The topological polar surface area (TPSA) is 32.3 Å². The minimum absolute atomic E-state index is 0.786. The van der Waals surface area contributed by atoms with Crippen LogP contribution >= 0.6 is 0 Å². The van der Waals surface area contributed by atoms with Crippen molar-refractivity contribution in [2.45, 2.75) is 20.3 Å². The Balaban J connectivity index is 1.75. The SMILES string of the molecule is CCN(c1ccccc1)c1cc(C)nc(N2CCc3ccccc32)n1. The average Bonchev–Trinajstić information content (AvgIpc) is 3.07. The first-order chi connectivity index (χ1) is 12.3. The third-order valence-electron chi connectivity index (χ3n) is 4.62. The molecule has 3 aromatic rings. The van der Waals surface area contributed by atoms with Crippen molar-refractivity contribution in [1.82, 2.24) is 9.97 Å². The van der Waals surface area contributed by atoms with E-state index in [1.807, 2.05) is 13.0 Å². The first kappa shape index (κ1) is 15.6. The fraction of sp³-hybridized carbons (Fsp3) is 0.238.